The van der Waals surface area contributed by atoms with Crippen molar-refractivity contribution in [3.05, 3.63) is 47.5 Å². The van der Waals surface area contributed by atoms with Gasteiger partial charge in [-0.15, -0.1) is 0 Å². The molecule has 1 N–H and O–H groups in total. The van der Waals surface area contributed by atoms with Gasteiger partial charge in [0, 0.05) is 4.90 Å². The molecule has 0 amide bonds. The first-order valence-corrected chi connectivity index (χ1v) is 8.50. The molecule has 2 rings (SSSR count). The van der Waals surface area contributed by atoms with Crippen LogP contribution in [0.4, 0.5) is 18.9 Å². The number of rotatable bonds is 7. The van der Waals surface area contributed by atoms with Gasteiger partial charge in [0.25, 0.3) is 0 Å². The van der Waals surface area contributed by atoms with Crippen molar-refractivity contribution < 1.29 is 32.5 Å². The van der Waals surface area contributed by atoms with Crippen LogP contribution >= 0.6 is 11.9 Å². The number of aryl methyl sites for hydroxylation is 1. The Kier molecular flexibility index (Phi) is 6.48. The highest BCUT2D eigenvalue weighted by atomic mass is 32.2. The van der Waals surface area contributed by atoms with Gasteiger partial charge in [-0.3, -0.25) is 4.79 Å². The van der Waals surface area contributed by atoms with Crippen LogP contribution in [-0.2, 0) is 11.0 Å². The maximum absolute atomic E-state index is 13.1. The molecule has 0 unspecified atom stereocenters. The highest BCUT2D eigenvalue weighted by molar-refractivity contribution is 8.00. The summed E-state index contributed by atoms with van der Waals surface area (Å²) in [6, 6.07) is 8.18. The van der Waals surface area contributed by atoms with Crippen LogP contribution in [-0.4, -0.2) is 31.8 Å². The summed E-state index contributed by atoms with van der Waals surface area (Å²) in [5.74, 6) is -0.250. The molecule has 9 heteroatoms. The second-order valence-electron chi connectivity index (χ2n) is 5.54. The minimum Gasteiger partial charge on any atom is -0.493 e. The van der Waals surface area contributed by atoms with Crippen LogP contribution in [0.25, 0.3) is 0 Å². The minimum atomic E-state index is -4.52. The first-order chi connectivity index (χ1) is 12.7. The number of anilines is 1. The number of carboxylic acid groups (broad SMARTS) is 1. The summed E-state index contributed by atoms with van der Waals surface area (Å²) >= 11 is 1.00. The molecule has 0 aliphatic heterocycles. The molecule has 0 aliphatic carbocycles. The van der Waals surface area contributed by atoms with Gasteiger partial charge in [0.05, 0.1) is 25.5 Å². The van der Waals surface area contributed by atoms with Crippen molar-refractivity contribution in [2.45, 2.75) is 18.0 Å². The van der Waals surface area contributed by atoms with Gasteiger partial charge in [0.1, 0.15) is 6.54 Å². The molecule has 27 heavy (non-hydrogen) atoms. The van der Waals surface area contributed by atoms with Crippen LogP contribution < -0.4 is 13.8 Å². The Morgan fingerprint density at radius 2 is 1.78 bits per heavy atom. The van der Waals surface area contributed by atoms with E-state index in [-0.39, 0.29) is 5.69 Å². The number of halogens is 3. The largest absolute Gasteiger partial charge is 0.493 e. The van der Waals surface area contributed by atoms with Gasteiger partial charge in [-0.05, 0) is 54.8 Å². The minimum absolute atomic E-state index is 0.173. The molecule has 0 bridgehead atoms. The highest BCUT2D eigenvalue weighted by Gasteiger charge is 2.31. The van der Waals surface area contributed by atoms with Gasteiger partial charge < -0.3 is 18.9 Å². The van der Waals surface area contributed by atoms with Crippen molar-refractivity contribution >= 4 is 23.6 Å². The molecule has 0 saturated heterocycles. The molecule has 2 aromatic carbocycles. The smallest absolute Gasteiger partial charge is 0.416 e. The van der Waals surface area contributed by atoms with E-state index in [4.69, 9.17) is 9.47 Å². The van der Waals surface area contributed by atoms with Crippen molar-refractivity contribution in [3.63, 3.8) is 0 Å². The molecule has 2 aromatic rings. The quantitative estimate of drug-likeness (QED) is 0.683. The van der Waals surface area contributed by atoms with E-state index >= 15 is 0 Å². The third-order valence-corrected chi connectivity index (χ3v) is 4.67. The maximum atomic E-state index is 13.1. The fourth-order valence-electron chi connectivity index (χ4n) is 2.34. The van der Waals surface area contributed by atoms with Gasteiger partial charge in [-0.2, -0.15) is 13.2 Å². The van der Waals surface area contributed by atoms with E-state index in [1.807, 2.05) is 0 Å². The molecule has 0 aliphatic rings. The Morgan fingerprint density at radius 3 is 2.33 bits per heavy atom. The number of nitrogens with zero attached hydrogens (tertiary/aromatic N) is 1. The molecule has 5 nitrogen and oxygen atoms in total. The lowest BCUT2D eigenvalue weighted by Gasteiger charge is -2.24. The Bertz CT molecular complexity index is 827. The summed E-state index contributed by atoms with van der Waals surface area (Å²) in [6.07, 6.45) is -4.52. The predicted octanol–water partition coefficient (Wildman–Crippen LogP) is 4.63. The van der Waals surface area contributed by atoms with E-state index in [1.54, 1.807) is 25.1 Å². The number of carbonyl (C=O) groups is 1. The average Bonchev–Trinajstić information content (AvgIpc) is 2.60. The number of hydrogen-bond acceptors (Lipinski definition) is 5. The summed E-state index contributed by atoms with van der Waals surface area (Å²) in [5.41, 5.74) is -0.143. The molecule has 0 spiro atoms. The number of carboxylic acids is 1. The fraction of sp³-hybridized carbons (Fsp3) is 0.278. The maximum Gasteiger partial charge on any atom is 0.416 e. The van der Waals surface area contributed by atoms with Crippen molar-refractivity contribution in [2.75, 3.05) is 25.1 Å². The first-order valence-electron chi connectivity index (χ1n) is 7.73. The average molecular weight is 401 g/mol. The summed E-state index contributed by atoms with van der Waals surface area (Å²) in [7, 11) is 2.94. The Hall–Kier alpha value is -2.55. The van der Waals surface area contributed by atoms with Gasteiger partial charge in [-0.25, -0.2) is 0 Å². The number of ether oxygens (including phenoxy) is 2. The number of hydrogen-bond donors (Lipinski definition) is 1. The van der Waals surface area contributed by atoms with Crippen molar-refractivity contribution in [1.82, 2.24) is 0 Å². The lowest BCUT2D eigenvalue weighted by molar-refractivity contribution is -0.137. The second kappa shape index (κ2) is 8.43. The zero-order chi connectivity index (χ0) is 20.2. The van der Waals surface area contributed by atoms with E-state index in [0.717, 1.165) is 24.1 Å². The Morgan fingerprint density at radius 1 is 1.11 bits per heavy atom. The van der Waals surface area contributed by atoms with E-state index < -0.39 is 24.3 Å². The van der Waals surface area contributed by atoms with Gasteiger partial charge >= 0.3 is 12.1 Å². The molecule has 146 valence electrons. The fourth-order valence-corrected chi connectivity index (χ4v) is 3.36. The summed E-state index contributed by atoms with van der Waals surface area (Å²) in [4.78, 5) is 11.9. The van der Waals surface area contributed by atoms with Crippen molar-refractivity contribution in [3.8, 4) is 11.5 Å². The van der Waals surface area contributed by atoms with E-state index in [2.05, 4.69) is 0 Å². The molecule has 0 fully saturated rings. The predicted molar refractivity (Wildman–Crippen MR) is 96.6 cm³/mol. The van der Waals surface area contributed by atoms with E-state index in [9.17, 15) is 23.1 Å². The topological polar surface area (TPSA) is 59.0 Å². The van der Waals surface area contributed by atoms with Crippen molar-refractivity contribution in [1.29, 1.82) is 0 Å². The zero-order valence-corrected chi connectivity index (χ0v) is 15.6. The van der Waals surface area contributed by atoms with E-state index in [0.29, 0.717) is 22.0 Å². The normalized spacial score (nSPS) is 11.2. The van der Waals surface area contributed by atoms with Crippen LogP contribution in [0.1, 0.15) is 11.1 Å². The third kappa shape index (κ3) is 5.22. The standard InChI is InChI=1S/C18H18F3NO4S/c1-11-4-5-12(18(19,20)21)8-14(11)22(10-17(23)24)27-13-6-7-15(25-2)16(9-13)26-3/h4-9H,10H2,1-3H3,(H,23,24). The molecule has 0 saturated carbocycles. The number of methoxy groups -OCH3 is 2. The van der Waals surface area contributed by atoms with Crippen LogP contribution in [0.3, 0.4) is 0 Å². The van der Waals surface area contributed by atoms with Crippen LogP contribution in [0.15, 0.2) is 41.3 Å². The van der Waals surface area contributed by atoms with Gasteiger partial charge in [0.2, 0.25) is 0 Å². The SMILES string of the molecule is COc1ccc(SN(CC(=O)O)c2cc(C(F)(F)F)ccc2C)cc1OC. The number of aliphatic carboxylic acids is 1. The van der Waals surface area contributed by atoms with Gasteiger partial charge in [0.15, 0.2) is 11.5 Å². The molecular weight excluding hydrogens is 383 g/mol. The molecule has 0 atom stereocenters. The molecular formula is C18H18F3NO4S. The van der Waals surface area contributed by atoms with Gasteiger partial charge in [-0.1, -0.05) is 6.07 Å². The van der Waals surface area contributed by atoms with Crippen LogP contribution in [0, 0.1) is 6.92 Å². The van der Waals surface area contributed by atoms with E-state index in [1.165, 1.54) is 24.6 Å². The van der Waals surface area contributed by atoms with Crippen LogP contribution in [0.2, 0.25) is 0 Å². The third-order valence-electron chi connectivity index (χ3n) is 3.65. The number of alkyl halides is 3. The summed E-state index contributed by atoms with van der Waals surface area (Å²) < 4.78 is 50.8. The van der Waals surface area contributed by atoms with Crippen molar-refractivity contribution in [2.24, 2.45) is 0 Å². The molecule has 0 aromatic heterocycles. The zero-order valence-electron chi connectivity index (χ0n) is 14.8. The Labute approximate surface area is 158 Å². The lowest BCUT2D eigenvalue weighted by atomic mass is 10.1. The summed E-state index contributed by atoms with van der Waals surface area (Å²) in [6.45, 7) is 1.14. The van der Waals surface area contributed by atoms with Crippen LogP contribution in [0.5, 0.6) is 11.5 Å². The Balaban J connectivity index is 2.43. The molecule has 0 radical (unpaired) electrons. The second-order valence-corrected chi connectivity index (χ2v) is 6.63. The lowest BCUT2D eigenvalue weighted by Crippen LogP contribution is -2.24. The number of benzene rings is 2. The first kappa shape index (κ1) is 20.8. The summed E-state index contributed by atoms with van der Waals surface area (Å²) in [5, 5.41) is 9.20. The molecule has 0 heterocycles. The highest BCUT2D eigenvalue weighted by Crippen LogP contribution is 2.38. The monoisotopic (exact) mass is 401 g/mol.